The minimum absolute atomic E-state index is 0.192. The molecule has 0 fully saturated rings. The molecule has 24 heavy (non-hydrogen) atoms. The molecule has 126 valence electrons. The van der Waals surface area contributed by atoms with Crippen molar-refractivity contribution >= 4 is 12.4 Å². The van der Waals surface area contributed by atoms with Crippen LogP contribution < -0.4 is 0 Å². The lowest BCUT2D eigenvalue weighted by Gasteiger charge is -2.11. The first kappa shape index (κ1) is 17.3. The van der Waals surface area contributed by atoms with Crippen LogP contribution in [0.2, 0.25) is 0 Å². The van der Waals surface area contributed by atoms with E-state index in [9.17, 15) is 20.4 Å². The Morgan fingerprint density at radius 3 is 1.46 bits per heavy atom. The van der Waals surface area contributed by atoms with E-state index in [-0.39, 0.29) is 35.1 Å². The molecule has 0 heterocycles. The van der Waals surface area contributed by atoms with Gasteiger partial charge in [-0.1, -0.05) is 12.1 Å². The Morgan fingerprint density at radius 2 is 1.08 bits per heavy atom. The summed E-state index contributed by atoms with van der Waals surface area (Å²) in [7, 11) is 0. The lowest BCUT2D eigenvalue weighted by atomic mass is 10.1. The molecule has 0 aliphatic carbocycles. The van der Waals surface area contributed by atoms with E-state index in [2.05, 4.69) is 9.98 Å². The van der Waals surface area contributed by atoms with Crippen LogP contribution in [0.3, 0.4) is 0 Å². The summed E-state index contributed by atoms with van der Waals surface area (Å²) >= 11 is 0. The smallest absolute Gasteiger partial charge is 0.166 e. The minimum atomic E-state index is -0.214. The number of rotatable bonds is 5. The zero-order valence-corrected chi connectivity index (χ0v) is 13.5. The number of benzene rings is 2. The third kappa shape index (κ3) is 4.04. The van der Waals surface area contributed by atoms with Gasteiger partial charge in [-0.25, -0.2) is 0 Å². The molecule has 2 atom stereocenters. The molecule has 6 heteroatoms. The monoisotopic (exact) mass is 328 g/mol. The molecule has 0 aromatic heterocycles. The molecule has 4 N–H and O–H groups in total. The highest BCUT2D eigenvalue weighted by molar-refractivity contribution is 5.85. The molecule has 0 amide bonds. The quantitative estimate of drug-likeness (QED) is 0.500. The number of aromatic hydroxyl groups is 4. The van der Waals surface area contributed by atoms with Gasteiger partial charge in [-0.15, -0.1) is 0 Å². The summed E-state index contributed by atoms with van der Waals surface area (Å²) in [5.74, 6) is -0.822. The zero-order chi connectivity index (χ0) is 17.7. The van der Waals surface area contributed by atoms with E-state index >= 15 is 0 Å². The molecule has 6 nitrogen and oxygen atoms in total. The number of hydrogen-bond donors (Lipinski definition) is 4. The van der Waals surface area contributed by atoms with Crippen LogP contribution in [0.15, 0.2) is 46.4 Å². The van der Waals surface area contributed by atoms with E-state index in [1.807, 2.05) is 13.8 Å². The summed E-state index contributed by atoms with van der Waals surface area (Å²) in [6.07, 6.45) is 2.97. The minimum Gasteiger partial charge on any atom is -0.504 e. The number of aliphatic imine (C=N–C) groups is 2. The third-order valence-corrected chi connectivity index (χ3v) is 3.69. The van der Waals surface area contributed by atoms with Crippen molar-refractivity contribution in [3.05, 3.63) is 47.5 Å². The Labute approximate surface area is 140 Å². The maximum Gasteiger partial charge on any atom is 0.166 e. The molecule has 2 rings (SSSR count). The van der Waals surface area contributed by atoms with Crippen molar-refractivity contribution in [1.82, 2.24) is 0 Å². The van der Waals surface area contributed by atoms with Crippen LogP contribution in [0.5, 0.6) is 23.0 Å². The van der Waals surface area contributed by atoms with Crippen molar-refractivity contribution in [3.63, 3.8) is 0 Å². The number of para-hydroxylation sites is 2. The second-order valence-corrected chi connectivity index (χ2v) is 5.47. The average Bonchev–Trinajstić information content (AvgIpc) is 2.57. The predicted octanol–water partition coefficient (Wildman–Crippen LogP) is 2.82. The van der Waals surface area contributed by atoms with Crippen molar-refractivity contribution in [2.45, 2.75) is 25.9 Å². The molecule has 0 aliphatic rings. The van der Waals surface area contributed by atoms with Crippen molar-refractivity contribution in [2.75, 3.05) is 0 Å². The van der Waals surface area contributed by atoms with Gasteiger partial charge in [-0.2, -0.15) is 0 Å². The fourth-order valence-corrected chi connectivity index (χ4v) is 1.95. The molecule has 2 aromatic rings. The summed E-state index contributed by atoms with van der Waals surface area (Å²) in [6, 6.07) is 8.93. The maximum atomic E-state index is 9.74. The van der Waals surface area contributed by atoms with Gasteiger partial charge < -0.3 is 20.4 Å². The Morgan fingerprint density at radius 1 is 0.708 bits per heavy atom. The Kier molecular flexibility index (Phi) is 5.42. The van der Waals surface area contributed by atoms with Crippen LogP contribution in [0.25, 0.3) is 0 Å². The standard InChI is InChI=1S/C18H20N2O4/c1-11(19-9-13-5-3-7-15(21)17(13)23)12(2)20-10-14-6-4-8-16(22)18(14)24/h3-12,21-24H,1-2H3. The van der Waals surface area contributed by atoms with E-state index in [1.165, 1.54) is 24.6 Å². The van der Waals surface area contributed by atoms with Gasteiger partial charge in [-0.05, 0) is 38.1 Å². The molecule has 0 radical (unpaired) electrons. The van der Waals surface area contributed by atoms with Crippen LogP contribution in [-0.2, 0) is 0 Å². The largest absolute Gasteiger partial charge is 0.504 e. The summed E-state index contributed by atoms with van der Waals surface area (Å²) in [6.45, 7) is 3.72. The van der Waals surface area contributed by atoms with Crippen molar-refractivity contribution in [2.24, 2.45) is 9.98 Å². The highest BCUT2D eigenvalue weighted by Crippen LogP contribution is 2.28. The Balaban J connectivity index is 2.08. The van der Waals surface area contributed by atoms with Crippen molar-refractivity contribution in [1.29, 1.82) is 0 Å². The Hall–Kier alpha value is -3.02. The highest BCUT2D eigenvalue weighted by atomic mass is 16.3. The van der Waals surface area contributed by atoms with Crippen LogP contribution in [0.1, 0.15) is 25.0 Å². The summed E-state index contributed by atoms with van der Waals surface area (Å²) in [5, 5.41) is 38.4. The number of phenolic OH excluding ortho intramolecular Hbond substituents is 4. The lowest BCUT2D eigenvalue weighted by Crippen LogP contribution is -2.16. The van der Waals surface area contributed by atoms with Crippen molar-refractivity contribution in [3.8, 4) is 23.0 Å². The Bertz CT molecular complexity index is 706. The van der Waals surface area contributed by atoms with Gasteiger partial charge in [0.25, 0.3) is 0 Å². The fraction of sp³-hybridized carbons (Fsp3) is 0.222. The molecule has 0 spiro atoms. The molecule has 2 aromatic carbocycles. The van der Waals surface area contributed by atoms with Gasteiger partial charge >= 0.3 is 0 Å². The molecule has 0 saturated carbocycles. The average molecular weight is 328 g/mol. The summed E-state index contributed by atoms with van der Waals surface area (Å²) in [5.41, 5.74) is 0.840. The van der Waals surface area contributed by atoms with Gasteiger partial charge in [0.05, 0.1) is 12.1 Å². The predicted molar refractivity (Wildman–Crippen MR) is 93.7 cm³/mol. The second-order valence-electron chi connectivity index (χ2n) is 5.47. The SMILES string of the molecule is CC(N=Cc1cccc(O)c1O)C(C)N=Cc1cccc(O)c1O. The van der Waals surface area contributed by atoms with Gasteiger partial charge in [0.1, 0.15) is 0 Å². The number of nitrogens with zero attached hydrogens (tertiary/aromatic N) is 2. The molecular formula is C18H20N2O4. The fourth-order valence-electron chi connectivity index (χ4n) is 1.95. The van der Waals surface area contributed by atoms with Crippen LogP contribution >= 0.6 is 0 Å². The molecule has 2 unspecified atom stereocenters. The zero-order valence-electron chi connectivity index (χ0n) is 13.5. The first-order valence-electron chi connectivity index (χ1n) is 7.48. The number of hydrogen-bond acceptors (Lipinski definition) is 6. The molecule has 0 bridgehead atoms. The molecular weight excluding hydrogens is 308 g/mol. The van der Waals surface area contributed by atoms with Crippen LogP contribution in [0.4, 0.5) is 0 Å². The van der Waals surface area contributed by atoms with E-state index in [0.717, 1.165) is 0 Å². The highest BCUT2D eigenvalue weighted by Gasteiger charge is 2.10. The topological polar surface area (TPSA) is 106 Å². The summed E-state index contributed by atoms with van der Waals surface area (Å²) in [4.78, 5) is 8.65. The van der Waals surface area contributed by atoms with Crippen LogP contribution in [0, 0.1) is 0 Å². The first-order valence-corrected chi connectivity index (χ1v) is 7.48. The molecule has 0 saturated heterocycles. The van der Waals surface area contributed by atoms with Gasteiger partial charge in [0, 0.05) is 23.6 Å². The van der Waals surface area contributed by atoms with Crippen LogP contribution in [-0.4, -0.2) is 44.9 Å². The van der Waals surface area contributed by atoms with Gasteiger partial charge in [-0.3, -0.25) is 9.98 Å². The summed E-state index contributed by atoms with van der Waals surface area (Å²) < 4.78 is 0. The lowest BCUT2D eigenvalue weighted by molar-refractivity contribution is 0.403. The number of phenols is 4. The van der Waals surface area contributed by atoms with Gasteiger partial charge in [0.2, 0.25) is 0 Å². The van der Waals surface area contributed by atoms with E-state index < -0.39 is 0 Å². The third-order valence-electron chi connectivity index (χ3n) is 3.69. The van der Waals surface area contributed by atoms with E-state index in [1.54, 1.807) is 24.3 Å². The molecule has 0 aliphatic heterocycles. The van der Waals surface area contributed by atoms with Gasteiger partial charge in [0.15, 0.2) is 23.0 Å². The maximum absolute atomic E-state index is 9.74. The first-order chi connectivity index (χ1) is 11.4. The van der Waals surface area contributed by atoms with E-state index in [4.69, 9.17) is 0 Å². The second kappa shape index (κ2) is 7.50. The normalized spacial score (nSPS) is 14.2. The van der Waals surface area contributed by atoms with Crippen molar-refractivity contribution < 1.29 is 20.4 Å². The van der Waals surface area contributed by atoms with E-state index in [0.29, 0.717) is 11.1 Å².